The zero-order valence-electron chi connectivity index (χ0n) is 15.1. The van der Waals surface area contributed by atoms with E-state index in [0.29, 0.717) is 22.2 Å². The third kappa shape index (κ3) is 2.96. The monoisotopic (exact) mass is 371 g/mol. The number of nitrogens with zero attached hydrogens (tertiary/aromatic N) is 3. The number of rotatable bonds is 3. The summed E-state index contributed by atoms with van der Waals surface area (Å²) in [6.07, 6.45) is 3.27. The van der Waals surface area contributed by atoms with Crippen molar-refractivity contribution >= 4 is 29.8 Å². The summed E-state index contributed by atoms with van der Waals surface area (Å²) in [5.41, 5.74) is 0.765. The maximum absolute atomic E-state index is 6.43. The second kappa shape index (κ2) is 5.98. The van der Waals surface area contributed by atoms with Crippen molar-refractivity contribution in [1.29, 1.82) is 0 Å². The van der Waals surface area contributed by atoms with E-state index in [9.17, 15) is 0 Å². The molecule has 0 aliphatic carbocycles. The number of aromatic nitrogens is 3. The first-order chi connectivity index (χ1) is 12.2. The molecule has 1 aliphatic rings. The maximum Gasteiger partial charge on any atom is 0.494 e. The molecule has 1 fully saturated rings. The number of hydrogen-bond acceptors (Lipinski definition) is 5. The minimum Gasteiger partial charge on any atom is -0.456 e. The quantitative estimate of drug-likeness (QED) is 0.660. The van der Waals surface area contributed by atoms with Crippen LogP contribution < -0.4 is 10.2 Å². The fourth-order valence-corrected chi connectivity index (χ4v) is 2.94. The van der Waals surface area contributed by atoms with E-state index in [2.05, 4.69) is 10.1 Å². The van der Waals surface area contributed by atoms with E-state index in [-0.39, 0.29) is 0 Å². The lowest BCUT2D eigenvalue weighted by atomic mass is 9.79. The number of ether oxygens (including phenoxy) is 1. The van der Waals surface area contributed by atoms with E-state index in [4.69, 9.17) is 25.6 Å². The van der Waals surface area contributed by atoms with Crippen LogP contribution in [0.2, 0.25) is 5.02 Å². The van der Waals surface area contributed by atoms with Crippen molar-refractivity contribution in [1.82, 2.24) is 14.6 Å². The van der Waals surface area contributed by atoms with Gasteiger partial charge < -0.3 is 14.0 Å². The van der Waals surface area contributed by atoms with Gasteiger partial charge in [-0.2, -0.15) is 5.10 Å². The molecule has 134 valence electrons. The van der Waals surface area contributed by atoms with Crippen LogP contribution in [0.15, 0.2) is 42.9 Å². The first kappa shape index (κ1) is 17.3. The number of halogens is 1. The Morgan fingerprint density at radius 1 is 1.08 bits per heavy atom. The highest BCUT2D eigenvalue weighted by Gasteiger charge is 2.51. The van der Waals surface area contributed by atoms with Gasteiger partial charge in [-0.15, -0.1) is 0 Å². The standard InChI is InChI=1S/C18H19BClN3O3/c1-17(2)18(3,4)26-19(25-17)12-5-6-15(14(20)9-12)24-13-7-8-23-16(10-13)21-11-22-23/h5-11H,1-4H3. The fourth-order valence-electron chi connectivity index (χ4n) is 2.71. The van der Waals surface area contributed by atoms with Gasteiger partial charge in [0.15, 0.2) is 5.65 Å². The Bertz CT molecular complexity index is 957. The van der Waals surface area contributed by atoms with E-state index in [0.717, 1.165) is 5.46 Å². The number of hydrogen-bond donors (Lipinski definition) is 0. The number of benzene rings is 1. The molecule has 0 N–H and O–H groups in total. The summed E-state index contributed by atoms with van der Waals surface area (Å²) < 4.78 is 19.7. The van der Waals surface area contributed by atoms with Crippen LogP contribution in [-0.2, 0) is 9.31 Å². The SMILES string of the molecule is CC1(C)OB(c2ccc(Oc3ccn4ncnc4c3)c(Cl)c2)OC1(C)C. The van der Waals surface area contributed by atoms with Gasteiger partial charge in [0.05, 0.1) is 16.2 Å². The second-order valence-corrected chi connectivity index (χ2v) is 7.71. The maximum atomic E-state index is 6.43. The number of pyridine rings is 1. The third-order valence-electron chi connectivity index (χ3n) is 4.96. The van der Waals surface area contributed by atoms with Crippen LogP contribution in [0.3, 0.4) is 0 Å². The van der Waals surface area contributed by atoms with Crippen LogP contribution in [0.4, 0.5) is 0 Å². The molecule has 1 aliphatic heterocycles. The second-order valence-electron chi connectivity index (χ2n) is 7.31. The Morgan fingerprint density at radius 3 is 2.50 bits per heavy atom. The van der Waals surface area contributed by atoms with Crippen LogP contribution in [0.5, 0.6) is 11.5 Å². The van der Waals surface area contributed by atoms with E-state index < -0.39 is 18.3 Å². The van der Waals surface area contributed by atoms with Crippen LogP contribution in [-0.4, -0.2) is 32.9 Å². The summed E-state index contributed by atoms with van der Waals surface area (Å²) in [7, 11) is -0.459. The summed E-state index contributed by atoms with van der Waals surface area (Å²) >= 11 is 6.43. The molecule has 0 bridgehead atoms. The summed E-state index contributed by atoms with van der Waals surface area (Å²) in [5.74, 6) is 1.19. The van der Waals surface area contributed by atoms with Gasteiger partial charge in [-0.1, -0.05) is 17.7 Å². The molecule has 3 aromatic rings. The molecule has 0 spiro atoms. The van der Waals surface area contributed by atoms with Crippen LogP contribution in [0, 0.1) is 0 Å². The molecule has 0 unspecified atom stereocenters. The fraction of sp³-hybridized carbons (Fsp3) is 0.333. The minimum absolute atomic E-state index is 0.396. The van der Waals surface area contributed by atoms with Crippen molar-refractivity contribution in [2.75, 3.05) is 0 Å². The van der Waals surface area contributed by atoms with E-state index in [1.165, 1.54) is 6.33 Å². The average Bonchev–Trinajstić information content (AvgIpc) is 3.11. The van der Waals surface area contributed by atoms with Gasteiger partial charge in [0.2, 0.25) is 0 Å². The molecule has 0 saturated carbocycles. The smallest absolute Gasteiger partial charge is 0.456 e. The molecule has 1 saturated heterocycles. The normalized spacial score (nSPS) is 18.4. The predicted octanol–water partition coefficient (Wildman–Crippen LogP) is 3.47. The van der Waals surface area contributed by atoms with Crippen LogP contribution in [0.25, 0.3) is 5.65 Å². The summed E-state index contributed by atoms with van der Waals surface area (Å²) in [5, 5.41) is 4.54. The molecular weight excluding hydrogens is 352 g/mol. The average molecular weight is 372 g/mol. The van der Waals surface area contributed by atoms with Crippen molar-refractivity contribution in [3.8, 4) is 11.5 Å². The Kier molecular flexibility index (Phi) is 3.98. The Balaban J connectivity index is 1.56. The van der Waals surface area contributed by atoms with Crippen molar-refractivity contribution in [2.24, 2.45) is 0 Å². The highest BCUT2D eigenvalue weighted by Crippen LogP contribution is 2.37. The lowest BCUT2D eigenvalue weighted by Gasteiger charge is -2.32. The Morgan fingerprint density at radius 2 is 1.81 bits per heavy atom. The van der Waals surface area contributed by atoms with Gasteiger partial charge in [0.25, 0.3) is 0 Å². The Labute approximate surface area is 157 Å². The topological polar surface area (TPSA) is 57.9 Å². The van der Waals surface area contributed by atoms with Gasteiger partial charge in [0.1, 0.15) is 17.8 Å². The van der Waals surface area contributed by atoms with Gasteiger partial charge in [0, 0.05) is 12.3 Å². The van der Waals surface area contributed by atoms with E-state index in [1.807, 2.05) is 45.9 Å². The van der Waals surface area contributed by atoms with E-state index in [1.54, 1.807) is 22.8 Å². The lowest BCUT2D eigenvalue weighted by Crippen LogP contribution is -2.41. The minimum atomic E-state index is -0.459. The van der Waals surface area contributed by atoms with Crippen molar-refractivity contribution in [3.63, 3.8) is 0 Å². The highest BCUT2D eigenvalue weighted by molar-refractivity contribution is 6.62. The molecule has 4 rings (SSSR count). The molecule has 0 radical (unpaired) electrons. The Hall–Kier alpha value is -2.09. The first-order valence-electron chi connectivity index (χ1n) is 8.37. The van der Waals surface area contributed by atoms with Crippen molar-refractivity contribution in [2.45, 2.75) is 38.9 Å². The summed E-state index contributed by atoms with van der Waals surface area (Å²) in [4.78, 5) is 4.14. The highest BCUT2D eigenvalue weighted by atomic mass is 35.5. The lowest BCUT2D eigenvalue weighted by molar-refractivity contribution is 0.00578. The molecule has 8 heteroatoms. The largest absolute Gasteiger partial charge is 0.494 e. The molecule has 0 atom stereocenters. The molecule has 2 aromatic heterocycles. The number of fused-ring (bicyclic) bond motifs is 1. The molecule has 1 aromatic carbocycles. The van der Waals surface area contributed by atoms with Gasteiger partial charge >= 0.3 is 7.12 Å². The van der Waals surface area contributed by atoms with Crippen LogP contribution in [0.1, 0.15) is 27.7 Å². The predicted molar refractivity (Wildman–Crippen MR) is 100 cm³/mol. The molecule has 3 heterocycles. The molecule has 6 nitrogen and oxygen atoms in total. The molecular formula is C18H19BClN3O3. The summed E-state index contributed by atoms with van der Waals surface area (Å²) in [6.45, 7) is 8.08. The van der Waals surface area contributed by atoms with Gasteiger partial charge in [-0.25, -0.2) is 9.50 Å². The van der Waals surface area contributed by atoms with Gasteiger partial charge in [-0.3, -0.25) is 0 Å². The van der Waals surface area contributed by atoms with Gasteiger partial charge in [-0.05, 0) is 51.4 Å². The van der Waals surface area contributed by atoms with E-state index >= 15 is 0 Å². The zero-order chi connectivity index (χ0) is 18.5. The van der Waals surface area contributed by atoms with Crippen molar-refractivity contribution < 1.29 is 14.0 Å². The molecule has 0 amide bonds. The van der Waals surface area contributed by atoms with Crippen molar-refractivity contribution in [3.05, 3.63) is 47.9 Å². The summed E-state index contributed by atoms with van der Waals surface area (Å²) in [6, 6.07) is 9.13. The zero-order valence-corrected chi connectivity index (χ0v) is 15.8. The third-order valence-corrected chi connectivity index (χ3v) is 5.26. The van der Waals surface area contributed by atoms with Crippen LogP contribution >= 0.6 is 11.6 Å². The first-order valence-corrected chi connectivity index (χ1v) is 8.75. The molecule has 26 heavy (non-hydrogen) atoms.